The zero-order valence-corrected chi connectivity index (χ0v) is 6.60. The third-order valence-electron chi connectivity index (χ3n) is 1.16. The van der Waals surface area contributed by atoms with E-state index in [0.717, 1.165) is 13.0 Å². The minimum atomic E-state index is 0.738. The maximum Gasteiger partial charge on any atom is 0.0267 e. The van der Waals surface area contributed by atoms with Gasteiger partial charge in [0.1, 0.15) is 0 Å². The van der Waals surface area contributed by atoms with Gasteiger partial charge in [0, 0.05) is 4.88 Å². The molecule has 10 heavy (non-hydrogen) atoms. The van der Waals surface area contributed by atoms with Crippen LogP contribution in [0.15, 0.2) is 23.6 Å². The largest absolute Gasteiger partial charge is 0.330 e. The van der Waals surface area contributed by atoms with Crippen LogP contribution in [0.2, 0.25) is 0 Å². The lowest BCUT2D eigenvalue weighted by Crippen LogP contribution is -1.94. The second kappa shape index (κ2) is 4.25. The van der Waals surface area contributed by atoms with Gasteiger partial charge in [-0.1, -0.05) is 12.1 Å². The molecular formula is C8H11NS. The number of thiophene rings is 1. The molecule has 0 saturated heterocycles. The summed E-state index contributed by atoms with van der Waals surface area (Å²) in [5.41, 5.74) is 5.32. The van der Waals surface area contributed by atoms with E-state index in [9.17, 15) is 0 Å². The highest BCUT2D eigenvalue weighted by molar-refractivity contribution is 7.10. The van der Waals surface area contributed by atoms with Crippen LogP contribution in [0.1, 0.15) is 11.3 Å². The summed E-state index contributed by atoms with van der Waals surface area (Å²) in [5.74, 6) is 0. The quantitative estimate of drug-likeness (QED) is 0.707. The lowest BCUT2D eigenvalue weighted by molar-refractivity contribution is 1.01. The molecule has 0 aliphatic heterocycles. The lowest BCUT2D eigenvalue weighted by atomic mass is 10.3. The summed E-state index contributed by atoms with van der Waals surface area (Å²) >= 11 is 1.75. The first-order chi connectivity index (χ1) is 4.93. The molecule has 0 saturated carbocycles. The number of hydrogen-bond donors (Lipinski definition) is 1. The van der Waals surface area contributed by atoms with Crippen molar-refractivity contribution in [2.24, 2.45) is 5.73 Å². The molecule has 0 unspecified atom stereocenters. The molecule has 1 heterocycles. The van der Waals surface area contributed by atoms with Crippen molar-refractivity contribution in [1.29, 1.82) is 0 Å². The zero-order chi connectivity index (χ0) is 7.23. The Morgan fingerprint density at radius 2 is 2.50 bits per heavy atom. The van der Waals surface area contributed by atoms with Crippen LogP contribution in [0, 0.1) is 0 Å². The Labute approximate surface area is 65.2 Å². The van der Waals surface area contributed by atoms with Gasteiger partial charge in [-0.25, -0.2) is 0 Å². The van der Waals surface area contributed by atoms with Gasteiger partial charge in [-0.2, -0.15) is 0 Å². The van der Waals surface area contributed by atoms with Gasteiger partial charge < -0.3 is 5.73 Å². The third kappa shape index (κ3) is 2.33. The molecule has 0 aromatic carbocycles. The van der Waals surface area contributed by atoms with E-state index in [1.807, 2.05) is 6.07 Å². The molecule has 2 N–H and O–H groups in total. The Bertz CT molecular complexity index is 189. The van der Waals surface area contributed by atoms with Gasteiger partial charge in [0.25, 0.3) is 0 Å². The van der Waals surface area contributed by atoms with E-state index in [1.165, 1.54) is 4.88 Å². The maximum atomic E-state index is 5.32. The molecule has 54 valence electrons. The van der Waals surface area contributed by atoms with Crippen molar-refractivity contribution in [2.45, 2.75) is 6.42 Å². The first kappa shape index (κ1) is 7.51. The van der Waals surface area contributed by atoms with Crippen molar-refractivity contribution in [3.05, 3.63) is 28.5 Å². The Morgan fingerprint density at radius 1 is 1.60 bits per heavy atom. The Kier molecular flexibility index (Phi) is 3.19. The fourth-order valence-corrected chi connectivity index (χ4v) is 1.33. The molecule has 1 aromatic heterocycles. The van der Waals surface area contributed by atoms with E-state index < -0.39 is 0 Å². The van der Waals surface area contributed by atoms with Crippen LogP contribution in [0.5, 0.6) is 0 Å². The number of nitrogens with two attached hydrogens (primary N) is 1. The SMILES string of the molecule is NCC/C=C/c1cccs1. The molecule has 1 aromatic rings. The lowest BCUT2D eigenvalue weighted by Gasteiger charge is -1.83. The van der Waals surface area contributed by atoms with E-state index in [2.05, 4.69) is 23.6 Å². The molecule has 0 amide bonds. The zero-order valence-electron chi connectivity index (χ0n) is 5.79. The standard InChI is InChI=1S/C8H11NS/c9-6-2-1-4-8-5-3-7-10-8/h1,3-5,7H,2,6,9H2/b4-1+. The summed E-state index contributed by atoms with van der Waals surface area (Å²) in [6, 6.07) is 4.14. The average molecular weight is 153 g/mol. The van der Waals surface area contributed by atoms with Crippen LogP contribution in [0.25, 0.3) is 6.08 Å². The molecule has 2 heteroatoms. The van der Waals surface area contributed by atoms with Crippen LogP contribution >= 0.6 is 11.3 Å². The molecule has 0 fully saturated rings. The second-order valence-corrected chi connectivity index (χ2v) is 2.97. The Morgan fingerprint density at radius 3 is 3.10 bits per heavy atom. The van der Waals surface area contributed by atoms with Crippen LogP contribution in [0.4, 0.5) is 0 Å². The average Bonchev–Trinajstić information content (AvgIpc) is 2.41. The molecule has 0 atom stereocenters. The molecule has 0 spiro atoms. The smallest absolute Gasteiger partial charge is 0.0267 e. The fourth-order valence-electron chi connectivity index (χ4n) is 0.682. The predicted octanol–water partition coefficient (Wildman–Crippen LogP) is 2.11. The first-order valence-electron chi connectivity index (χ1n) is 3.33. The van der Waals surface area contributed by atoms with Crippen LogP contribution in [-0.2, 0) is 0 Å². The molecule has 0 aliphatic rings. The van der Waals surface area contributed by atoms with Crippen molar-refractivity contribution in [1.82, 2.24) is 0 Å². The van der Waals surface area contributed by atoms with E-state index in [0.29, 0.717) is 0 Å². The van der Waals surface area contributed by atoms with Gasteiger partial charge in [0.2, 0.25) is 0 Å². The van der Waals surface area contributed by atoms with Gasteiger partial charge in [-0.05, 0) is 30.5 Å². The minimum Gasteiger partial charge on any atom is -0.330 e. The summed E-state index contributed by atoms with van der Waals surface area (Å²) in [6.45, 7) is 0.738. The van der Waals surface area contributed by atoms with Crippen molar-refractivity contribution in [2.75, 3.05) is 6.54 Å². The molecule has 0 radical (unpaired) electrons. The number of hydrogen-bond acceptors (Lipinski definition) is 2. The van der Waals surface area contributed by atoms with Gasteiger partial charge in [-0.15, -0.1) is 11.3 Å². The van der Waals surface area contributed by atoms with Crippen molar-refractivity contribution >= 4 is 17.4 Å². The van der Waals surface area contributed by atoms with Crippen LogP contribution in [-0.4, -0.2) is 6.54 Å². The van der Waals surface area contributed by atoms with Crippen molar-refractivity contribution < 1.29 is 0 Å². The van der Waals surface area contributed by atoms with Gasteiger partial charge in [0.15, 0.2) is 0 Å². The highest BCUT2D eigenvalue weighted by Crippen LogP contribution is 2.09. The third-order valence-corrected chi connectivity index (χ3v) is 2.00. The maximum absolute atomic E-state index is 5.32. The van der Waals surface area contributed by atoms with Crippen LogP contribution < -0.4 is 5.73 Å². The summed E-state index contributed by atoms with van der Waals surface area (Å²) in [5, 5.41) is 2.07. The predicted molar refractivity (Wildman–Crippen MR) is 47.0 cm³/mol. The van der Waals surface area contributed by atoms with E-state index in [-0.39, 0.29) is 0 Å². The highest BCUT2D eigenvalue weighted by Gasteiger charge is 1.82. The summed E-state index contributed by atoms with van der Waals surface area (Å²) in [6.07, 6.45) is 5.18. The Balaban J connectivity index is 2.40. The molecule has 1 nitrogen and oxygen atoms in total. The molecule has 1 rings (SSSR count). The first-order valence-corrected chi connectivity index (χ1v) is 4.21. The summed E-state index contributed by atoms with van der Waals surface area (Å²) in [4.78, 5) is 1.30. The van der Waals surface area contributed by atoms with Crippen LogP contribution in [0.3, 0.4) is 0 Å². The van der Waals surface area contributed by atoms with E-state index in [1.54, 1.807) is 11.3 Å². The minimum absolute atomic E-state index is 0.738. The van der Waals surface area contributed by atoms with Gasteiger partial charge in [-0.3, -0.25) is 0 Å². The molecule has 0 aliphatic carbocycles. The van der Waals surface area contributed by atoms with E-state index in [4.69, 9.17) is 5.73 Å². The van der Waals surface area contributed by atoms with Crippen molar-refractivity contribution in [3.8, 4) is 0 Å². The monoisotopic (exact) mass is 153 g/mol. The summed E-state index contributed by atoms with van der Waals surface area (Å²) < 4.78 is 0. The fraction of sp³-hybridized carbons (Fsp3) is 0.250. The normalized spacial score (nSPS) is 10.9. The topological polar surface area (TPSA) is 26.0 Å². The Hall–Kier alpha value is -0.600. The summed E-state index contributed by atoms with van der Waals surface area (Å²) in [7, 11) is 0. The van der Waals surface area contributed by atoms with E-state index >= 15 is 0 Å². The highest BCUT2D eigenvalue weighted by atomic mass is 32.1. The second-order valence-electron chi connectivity index (χ2n) is 2.00. The molecular weight excluding hydrogens is 142 g/mol. The van der Waals surface area contributed by atoms with Crippen molar-refractivity contribution in [3.63, 3.8) is 0 Å². The van der Waals surface area contributed by atoms with Gasteiger partial charge in [0.05, 0.1) is 0 Å². The van der Waals surface area contributed by atoms with Gasteiger partial charge >= 0.3 is 0 Å². The molecule has 0 bridgehead atoms. The number of rotatable bonds is 3.